The number of benzene rings is 1. The maximum Gasteiger partial charge on any atom is 0.238 e. The Kier molecular flexibility index (Phi) is 4.90. The highest BCUT2D eigenvalue weighted by Crippen LogP contribution is 2.21. The van der Waals surface area contributed by atoms with Crippen LogP contribution in [0.5, 0.6) is 0 Å². The van der Waals surface area contributed by atoms with Crippen molar-refractivity contribution in [2.75, 3.05) is 6.61 Å². The number of hydrogen-bond acceptors (Lipinski definition) is 4. The Hall–Kier alpha value is -0.470. The molecule has 1 aromatic rings. The standard InChI is InChI=1S/C11H17BrN2O3S/c1-11(2,7-15)14-6-8-3-4-9(5-10(8)12)18(13,16)17/h3-5,14-15H,6-7H2,1-2H3,(H2,13,16,17). The summed E-state index contributed by atoms with van der Waals surface area (Å²) in [6.45, 7) is 4.28. The van der Waals surface area contributed by atoms with Crippen molar-refractivity contribution in [2.24, 2.45) is 5.14 Å². The minimum atomic E-state index is -3.68. The lowest BCUT2D eigenvalue weighted by molar-refractivity contribution is 0.187. The number of sulfonamides is 1. The second kappa shape index (κ2) is 5.66. The van der Waals surface area contributed by atoms with Gasteiger partial charge in [-0.3, -0.25) is 0 Å². The Morgan fingerprint density at radius 2 is 2.06 bits per heavy atom. The summed E-state index contributed by atoms with van der Waals surface area (Å²) in [5, 5.41) is 17.3. The summed E-state index contributed by atoms with van der Waals surface area (Å²) in [6, 6.07) is 4.62. The Bertz CT molecular complexity index is 529. The first-order chi connectivity index (χ1) is 8.15. The van der Waals surface area contributed by atoms with Gasteiger partial charge in [-0.15, -0.1) is 0 Å². The normalized spacial score (nSPS) is 12.7. The van der Waals surface area contributed by atoms with E-state index in [1.54, 1.807) is 6.07 Å². The van der Waals surface area contributed by atoms with Gasteiger partial charge in [-0.05, 0) is 31.5 Å². The SMILES string of the molecule is CC(C)(CO)NCc1ccc(S(N)(=O)=O)cc1Br. The maximum atomic E-state index is 11.2. The number of primary sulfonamides is 1. The molecule has 0 heterocycles. The third kappa shape index (κ3) is 4.33. The molecule has 0 spiro atoms. The summed E-state index contributed by atoms with van der Waals surface area (Å²) < 4.78 is 23.0. The zero-order chi connectivity index (χ0) is 14.0. The van der Waals surface area contributed by atoms with Crippen LogP contribution in [0.25, 0.3) is 0 Å². The van der Waals surface area contributed by atoms with E-state index < -0.39 is 15.6 Å². The number of halogens is 1. The van der Waals surface area contributed by atoms with Gasteiger partial charge in [0.2, 0.25) is 10.0 Å². The van der Waals surface area contributed by atoms with Crippen molar-refractivity contribution in [3.05, 3.63) is 28.2 Å². The van der Waals surface area contributed by atoms with E-state index in [0.29, 0.717) is 11.0 Å². The Balaban J connectivity index is 2.88. The molecule has 0 unspecified atom stereocenters. The van der Waals surface area contributed by atoms with Crippen LogP contribution in [0.3, 0.4) is 0 Å². The predicted molar refractivity (Wildman–Crippen MR) is 73.5 cm³/mol. The molecular weight excluding hydrogens is 320 g/mol. The summed E-state index contributed by atoms with van der Waals surface area (Å²) in [4.78, 5) is 0.0690. The van der Waals surface area contributed by atoms with E-state index in [1.165, 1.54) is 12.1 Å². The highest BCUT2D eigenvalue weighted by molar-refractivity contribution is 9.10. The largest absolute Gasteiger partial charge is 0.394 e. The molecule has 1 aromatic carbocycles. The summed E-state index contributed by atoms with van der Waals surface area (Å²) >= 11 is 3.31. The molecule has 0 aromatic heterocycles. The van der Waals surface area contributed by atoms with E-state index in [-0.39, 0.29) is 11.5 Å². The topological polar surface area (TPSA) is 92.4 Å². The fourth-order valence-corrected chi connectivity index (χ4v) is 2.45. The van der Waals surface area contributed by atoms with Crippen LogP contribution in [-0.4, -0.2) is 25.7 Å². The molecule has 0 aliphatic rings. The lowest BCUT2D eigenvalue weighted by Crippen LogP contribution is -2.42. The quantitative estimate of drug-likeness (QED) is 0.746. The van der Waals surface area contributed by atoms with Gasteiger partial charge in [0.05, 0.1) is 11.5 Å². The summed E-state index contributed by atoms with van der Waals surface area (Å²) in [6.07, 6.45) is 0. The van der Waals surface area contributed by atoms with Gasteiger partial charge in [0, 0.05) is 16.6 Å². The first-order valence-corrected chi connectivity index (χ1v) is 7.67. The van der Waals surface area contributed by atoms with Gasteiger partial charge >= 0.3 is 0 Å². The minimum Gasteiger partial charge on any atom is -0.394 e. The van der Waals surface area contributed by atoms with Crippen molar-refractivity contribution in [2.45, 2.75) is 30.8 Å². The summed E-state index contributed by atoms with van der Waals surface area (Å²) in [5.41, 5.74) is 0.502. The van der Waals surface area contributed by atoms with E-state index in [9.17, 15) is 8.42 Å². The van der Waals surface area contributed by atoms with Crippen LogP contribution in [0.15, 0.2) is 27.6 Å². The first kappa shape index (κ1) is 15.6. The lowest BCUT2D eigenvalue weighted by atomic mass is 10.1. The van der Waals surface area contributed by atoms with Gasteiger partial charge in [0.25, 0.3) is 0 Å². The third-order valence-corrected chi connectivity index (χ3v) is 4.15. The zero-order valence-electron chi connectivity index (χ0n) is 10.3. The number of aliphatic hydroxyl groups excluding tert-OH is 1. The molecule has 0 aliphatic heterocycles. The van der Waals surface area contributed by atoms with Gasteiger partial charge in [-0.1, -0.05) is 22.0 Å². The fourth-order valence-electron chi connectivity index (χ4n) is 1.24. The summed E-state index contributed by atoms with van der Waals surface area (Å²) in [7, 11) is -3.68. The molecule has 0 radical (unpaired) electrons. The second-order valence-electron chi connectivity index (χ2n) is 4.69. The van der Waals surface area contributed by atoms with Crippen LogP contribution >= 0.6 is 15.9 Å². The first-order valence-electron chi connectivity index (χ1n) is 5.33. The molecule has 102 valence electrons. The molecular formula is C11H17BrN2O3S. The monoisotopic (exact) mass is 336 g/mol. The van der Waals surface area contributed by atoms with Gasteiger partial charge in [0.15, 0.2) is 0 Å². The van der Waals surface area contributed by atoms with Crippen molar-refractivity contribution >= 4 is 26.0 Å². The number of rotatable bonds is 5. The van der Waals surface area contributed by atoms with Crippen molar-refractivity contribution in [3.63, 3.8) is 0 Å². The van der Waals surface area contributed by atoms with Crippen LogP contribution in [0.2, 0.25) is 0 Å². The molecule has 0 saturated carbocycles. The van der Waals surface area contributed by atoms with Gasteiger partial charge in [-0.2, -0.15) is 0 Å². The smallest absolute Gasteiger partial charge is 0.238 e. The molecule has 0 amide bonds. The molecule has 0 fully saturated rings. The number of aliphatic hydroxyl groups is 1. The molecule has 0 saturated heterocycles. The lowest BCUT2D eigenvalue weighted by Gasteiger charge is -2.24. The third-order valence-electron chi connectivity index (χ3n) is 2.51. The van der Waals surface area contributed by atoms with E-state index in [4.69, 9.17) is 10.2 Å². The molecule has 7 heteroatoms. The molecule has 18 heavy (non-hydrogen) atoms. The Morgan fingerprint density at radius 1 is 1.44 bits per heavy atom. The number of hydrogen-bond donors (Lipinski definition) is 3. The number of nitrogens with one attached hydrogen (secondary N) is 1. The predicted octanol–water partition coefficient (Wildman–Crippen LogP) is 0.957. The van der Waals surface area contributed by atoms with E-state index >= 15 is 0 Å². The fraction of sp³-hybridized carbons (Fsp3) is 0.455. The zero-order valence-corrected chi connectivity index (χ0v) is 12.7. The van der Waals surface area contributed by atoms with Gasteiger partial charge in [-0.25, -0.2) is 13.6 Å². The molecule has 0 bridgehead atoms. The van der Waals surface area contributed by atoms with Crippen LogP contribution in [0, 0.1) is 0 Å². The summed E-state index contributed by atoms with van der Waals surface area (Å²) in [5.74, 6) is 0. The number of nitrogens with two attached hydrogens (primary N) is 1. The molecule has 0 atom stereocenters. The average Bonchev–Trinajstić information content (AvgIpc) is 2.26. The van der Waals surface area contributed by atoms with E-state index in [2.05, 4.69) is 21.2 Å². The van der Waals surface area contributed by atoms with Crippen molar-refractivity contribution in [1.82, 2.24) is 5.32 Å². The molecule has 4 N–H and O–H groups in total. The van der Waals surface area contributed by atoms with Gasteiger partial charge in [0.1, 0.15) is 0 Å². The molecule has 5 nitrogen and oxygen atoms in total. The van der Waals surface area contributed by atoms with Crippen LogP contribution in [-0.2, 0) is 16.6 Å². The van der Waals surface area contributed by atoms with Gasteiger partial charge < -0.3 is 10.4 Å². The highest BCUT2D eigenvalue weighted by Gasteiger charge is 2.16. The van der Waals surface area contributed by atoms with E-state index in [1.807, 2.05) is 13.8 Å². The molecule has 0 aliphatic carbocycles. The van der Waals surface area contributed by atoms with Crippen molar-refractivity contribution in [1.29, 1.82) is 0 Å². The Morgan fingerprint density at radius 3 is 2.50 bits per heavy atom. The highest BCUT2D eigenvalue weighted by atomic mass is 79.9. The maximum absolute atomic E-state index is 11.2. The Labute approximate surface area is 116 Å². The minimum absolute atomic E-state index is 0.0138. The van der Waals surface area contributed by atoms with Crippen LogP contribution in [0.1, 0.15) is 19.4 Å². The van der Waals surface area contributed by atoms with Crippen molar-refractivity contribution < 1.29 is 13.5 Å². The average molecular weight is 337 g/mol. The van der Waals surface area contributed by atoms with Crippen molar-refractivity contribution in [3.8, 4) is 0 Å². The van der Waals surface area contributed by atoms with E-state index in [0.717, 1.165) is 5.56 Å². The van der Waals surface area contributed by atoms with Crippen LogP contribution < -0.4 is 10.5 Å². The molecule has 1 rings (SSSR count). The second-order valence-corrected chi connectivity index (χ2v) is 7.11. The van der Waals surface area contributed by atoms with Crippen LogP contribution in [0.4, 0.5) is 0 Å².